The van der Waals surface area contributed by atoms with E-state index in [0.717, 1.165) is 36.4 Å². The van der Waals surface area contributed by atoms with Crippen LogP contribution in [0.2, 0.25) is 0 Å². The van der Waals surface area contributed by atoms with Gasteiger partial charge in [0.1, 0.15) is 5.75 Å². The number of benzene rings is 1. The Hall–Kier alpha value is -2.33. The van der Waals surface area contributed by atoms with Crippen LogP contribution in [-0.4, -0.2) is 35.1 Å². The molecule has 0 spiro atoms. The van der Waals surface area contributed by atoms with Gasteiger partial charge in [-0.1, -0.05) is 12.1 Å². The number of ether oxygens (including phenoxy) is 1. The molecule has 1 N–H and O–H groups in total. The van der Waals surface area contributed by atoms with Crippen molar-refractivity contribution >= 4 is 11.0 Å². The van der Waals surface area contributed by atoms with Crippen molar-refractivity contribution in [1.29, 1.82) is 0 Å². The fourth-order valence-corrected chi connectivity index (χ4v) is 3.59. The van der Waals surface area contributed by atoms with Gasteiger partial charge in [0, 0.05) is 24.4 Å². The number of hydrogen-bond acceptors (Lipinski definition) is 3. The number of nitrogens with zero attached hydrogens (tertiary/aromatic N) is 2. The molecule has 1 saturated heterocycles. The van der Waals surface area contributed by atoms with Crippen LogP contribution < -0.4 is 4.74 Å². The summed E-state index contributed by atoms with van der Waals surface area (Å²) in [6, 6.07) is 14.7. The van der Waals surface area contributed by atoms with Crippen LogP contribution in [0.15, 0.2) is 48.7 Å². The Labute approximate surface area is 142 Å². The van der Waals surface area contributed by atoms with Crippen LogP contribution >= 0.6 is 0 Å². The van der Waals surface area contributed by atoms with E-state index in [-0.39, 0.29) is 0 Å². The summed E-state index contributed by atoms with van der Waals surface area (Å²) < 4.78 is 5.22. The van der Waals surface area contributed by atoms with Crippen LogP contribution in [0.25, 0.3) is 11.0 Å². The van der Waals surface area contributed by atoms with E-state index in [1.165, 1.54) is 24.1 Å². The first kappa shape index (κ1) is 15.2. The normalized spacial score (nSPS) is 16.5. The molecule has 0 radical (unpaired) electrons. The van der Waals surface area contributed by atoms with Gasteiger partial charge >= 0.3 is 0 Å². The molecule has 4 rings (SSSR count). The van der Waals surface area contributed by atoms with Crippen LogP contribution in [0.5, 0.6) is 5.75 Å². The third-order valence-corrected chi connectivity index (χ3v) is 5.00. The molecule has 1 fully saturated rings. The van der Waals surface area contributed by atoms with Crippen LogP contribution in [0, 0.1) is 0 Å². The standard InChI is InChI=1S/C20H23N3O/c1-24-17-6-4-15(5-7-17)14-23-11-8-16(9-12-23)19-13-20-18(22-19)3-2-10-21-20/h2-7,10,13,16,22H,8-9,11-12,14H2,1H3. The summed E-state index contributed by atoms with van der Waals surface area (Å²) in [5.41, 5.74) is 4.91. The van der Waals surface area contributed by atoms with Crippen molar-refractivity contribution in [3.05, 3.63) is 59.9 Å². The summed E-state index contributed by atoms with van der Waals surface area (Å²) >= 11 is 0. The Morgan fingerprint density at radius 2 is 1.96 bits per heavy atom. The van der Waals surface area contributed by atoms with Gasteiger partial charge < -0.3 is 9.72 Å². The van der Waals surface area contributed by atoms with Crippen LogP contribution in [-0.2, 0) is 6.54 Å². The van der Waals surface area contributed by atoms with E-state index in [2.05, 4.69) is 39.1 Å². The second-order valence-electron chi connectivity index (χ2n) is 6.56. The smallest absolute Gasteiger partial charge is 0.118 e. The average Bonchev–Trinajstić information content (AvgIpc) is 3.07. The van der Waals surface area contributed by atoms with Crippen molar-refractivity contribution in [2.75, 3.05) is 20.2 Å². The zero-order valence-electron chi connectivity index (χ0n) is 14.0. The molecule has 4 nitrogen and oxygen atoms in total. The quantitative estimate of drug-likeness (QED) is 0.791. The van der Waals surface area contributed by atoms with E-state index in [9.17, 15) is 0 Å². The summed E-state index contributed by atoms with van der Waals surface area (Å²) in [4.78, 5) is 10.5. The number of aromatic nitrogens is 2. The third kappa shape index (κ3) is 3.15. The first-order valence-corrected chi connectivity index (χ1v) is 8.61. The van der Waals surface area contributed by atoms with Gasteiger partial charge in [-0.2, -0.15) is 0 Å². The Balaban J connectivity index is 1.37. The lowest BCUT2D eigenvalue weighted by molar-refractivity contribution is 0.203. The summed E-state index contributed by atoms with van der Waals surface area (Å²) in [6.45, 7) is 3.30. The predicted octanol–water partition coefficient (Wildman–Crippen LogP) is 3.95. The Morgan fingerprint density at radius 3 is 2.67 bits per heavy atom. The van der Waals surface area contributed by atoms with Gasteiger partial charge in [-0.05, 0) is 61.8 Å². The molecule has 0 bridgehead atoms. The topological polar surface area (TPSA) is 41.1 Å². The molecule has 0 amide bonds. The zero-order chi connectivity index (χ0) is 16.4. The molecule has 0 atom stereocenters. The maximum absolute atomic E-state index is 5.22. The van der Waals surface area contributed by atoms with Gasteiger partial charge in [-0.15, -0.1) is 0 Å². The number of fused-ring (bicyclic) bond motifs is 1. The Morgan fingerprint density at radius 1 is 1.17 bits per heavy atom. The highest BCUT2D eigenvalue weighted by molar-refractivity contribution is 5.75. The number of pyridine rings is 1. The Bertz CT molecular complexity index is 768. The minimum Gasteiger partial charge on any atom is -0.497 e. The van der Waals surface area contributed by atoms with Gasteiger partial charge in [0.05, 0.1) is 18.1 Å². The van der Waals surface area contributed by atoms with Crippen molar-refractivity contribution in [1.82, 2.24) is 14.9 Å². The minimum absolute atomic E-state index is 0.617. The number of rotatable bonds is 4. The summed E-state index contributed by atoms with van der Waals surface area (Å²) in [5.74, 6) is 1.54. The van der Waals surface area contributed by atoms with Gasteiger partial charge in [0.15, 0.2) is 0 Å². The number of likely N-dealkylation sites (tertiary alicyclic amines) is 1. The van der Waals surface area contributed by atoms with Crippen LogP contribution in [0.3, 0.4) is 0 Å². The minimum atomic E-state index is 0.617. The SMILES string of the molecule is COc1ccc(CN2CCC(c3cc4ncccc4[nH]3)CC2)cc1. The van der Waals surface area contributed by atoms with Gasteiger partial charge in [-0.3, -0.25) is 9.88 Å². The zero-order valence-corrected chi connectivity index (χ0v) is 14.0. The third-order valence-electron chi connectivity index (χ3n) is 5.00. The maximum atomic E-state index is 5.22. The molecular formula is C20H23N3O. The van der Waals surface area contributed by atoms with Gasteiger partial charge in [0.2, 0.25) is 0 Å². The van der Waals surface area contributed by atoms with E-state index in [1.807, 2.05) is 24.4 Å². The molecule has 1 aliphatic heterocycles. The number of aromatic amines is 1. The molecule has 0 unspecified atom stereocenters. The number of methoxy groups -OCH3 is 1. The molecule has 3 aromatic rings. The van der Waals surface area contributed by atoms with E-state index >= 15 is 0 Å². The maximum Gasteiger partial charge on any atom is 0.118 e. The van der Waals surface area contributed by atoms with Crippen molar-refractivity contribution in [2.24, 2.45) is 0 Å². The van der Waals surface area contributed by atoms with Crippen molar-refractivity contribution in [3.8, 4) is 5.75 Å². The largest absolute Gasteiger partial charge is 0.497 e. The fourth-order valence-electron chi connectivity index (χ4n) is 3.59. The number of hydrogen-bond donors (Lipinski definition) is 1. The molecule has 1 aromatic carbocycles. The lowest BCUT2D eigenvalue weighted by Gasteiger charge is -2.31. The molecule has 0 aliphatic carbocycles. The number of H-pyrrole nitrogens is 1. The van der Waals surface area contributed by atoms with Crippen molar-refractivity contribution in [2.45, 2.75) is 25.3 Å². The second-order valence-corrected chi connectivity index (χ2v) is 6.56. The van der Waals surface area contributed by atoms with E-state index in [0.29, 0.717) is 5.92 Å². The van der Waals surface area contributed by atoms with Gasteiger partial charge in [-0.25, -0.2) is 0 Å². The molecule has 24 heavy (non-hydrogen) atoms. The van der Waals surface area contributed by atoms with Crippen molar-refractivity contribution in [3.63, 3.8) is 0 Å². The molecule has 1 aliphatic rings. The lowest BCUT2D eigenvalue weighted by atomic mass is 9.93. The molecule has 2 aromatic heterocycles. The summed E-state index contributed by atoms with van der Waals surface area (Å²) in [6.07, 6.45) is 4.25. The van der Waals surface area contributed by atoms with Crippen LogP contribution in [0.1, 0.15) is 30.0 Å². The monoisotopic (exact) mass is 321 g/mol. The second kappa shape index (κ2) is 6.65. The highest BCUT2D eigenvalue weighted by Crippen LogP contribution is 2.30. The highest BCUT2D eigenvalue weighted by Gasteiger charge is 2.22. The summed E-state index contributed by atoms with van der Waals surface area (Å²) in [5, 5.41) is 0. The van der Waals surface area contributed by atoms with E-state index < -0.39 is 0 Å². The molecule has 124 valence electrons. The molecular weight excluding hydrogens is 298 g/mol. The number of piperidine rings is 1. The van der Waals surface area contributed by atoms with E-state index in [1.54, 1.807) is 7.11 Å². The molecule has 3 heterocycles. The fraction of sp³-hybridized carbons (Fsp3) is 0.350. The van der Waals surface area contributed by atoms with Crippen molar-refractivity contribution < 1.29 is 4.74 Å². The summed E-state index contributed by atoms with van der Waals surface area (Å²) in [7, 11) is 1.71. The lowest BCUT2D eigenvalue weighted by Crippen LogP contribution is -2.32. The molecule has 0 saturated carbocycles. The first-order chi connectivity index (χ1) is 11.8. The van der Waals surface area contributed by atoms with Crippen LogP contribution in [0.4, 0.5) is 0 Å². The predicted molar refractivity (Wildman–Crippen MR) is 96.3 cm³/mol. The Kier molecular flexibility index (Phi) is 4.22. The molecule has 4 heteroatoms. The first-order valence-electron chi connectivity index (χ1n) is 8.61. The van der Waals surface area contributed by atoms with E-state index in [4.69, 9.17) is 4.74 Å². The van der Waals surface area contributed by atoms with Gasteiger partial charge in [0.25, 0.3) is 0 Å². The highest BCUT2D eigenvalue weighted by atomic mass is 16.5. The average molecular weight is 321 g/mol. The number of nitrogens with one attached hydrogen (secondary N) is 1.